The summed E-state index contributed by atoms with van der Waals surface area (Å²) in [5.74, 6) is 0. The molecule has 1 aliphatic carbocycles. The molecule has 1 heterocycles. The second kappa shape index (κ2) is 8.54. The van der Waals surface area contributed by atoms with Crippen LogP contribution >= 0.6 is 0 Å². The van der Waals surface area contributed by atoms with Gasteiger partial charge in [-0.15, -0.1) is 0 Å². The van der Waals surface area contributed by atoms with Gasteiger partial charge in [-0.3, -0.25) is 4.68 Å². The van der Waals surface area contributed by atoms with E-state index in [1.807, 2.05) is 6.92 Å². The number of aromatic nitrogens is 2. The van der Waals surface area contributed by atoms with Crippen molar-refractivity contribution in [3.63, 3.8) is 0 Å². The maximum absolute atomic E-state index is 5.95. The normalized spacial score (nSPS) is 18.0. The third-order valence-corrected chi connectivity index (χ3v) is 4.27. The minimum absolute atomic E-state index is 0.442. The highest BCUT2D eigenvalue weighted by atomic mass is 16.5. The van der Waals surface area contributed by atoms with E-state index in [4.69, 9.17) is 4.74 Å². The van der Waals surface area contributed by atoms with Crippen LogP contribution in [-0.2, 0) is 11.3 Å². The minimum Gasteiger partial charge on any atom is -0.378 e. The molecule has 2 rings (SSSR count). The van der Waals surface area contributed by atoms with Gasteiger partial charge in [0.1, 0.15) is 0 Å². The van der Waals surface area contributed by atoms with E-state index in [2.05, 4.69) is 35.0 Å². The lowest BCUT2D eigenvalue weighted by Crippen LogP contribution is -2.32. The van der Waals surface area contributed by atoms with Gasteiger partial charge in [0.05, 0.1) is 18.3 Å². The summed E-state index contributed by atoms with van der Waals surface area (Å²) in [6, 6.07) is 2.57. The molecule has 1 aromatic rings. The van der Waals surface area contributed by atoms with Crippen molar-refractivity contribution in [2.75, 3.05) is 13.2 Å². The molecule has 120 valence electrons. The van der Waals surface area contributed by atoms with Crippen LogP contribution in [0.1, 0.15) is 56.8 Å². The first-order chi connectivity index (χ1) is 10.1. The molecule has 1 aliphatic rings. The average molecular weight is 293 g/mol. The number of ether oxygens (including phenoxy) is 1. The molecule has 1 fully saturated rings. The molecule has 4 nitrogen and oxygen atoms in total. The van der Waals surface area contributed by atoms with E-state index in [0.717, 1.165) is 31.8 Å². The molecule has 21 heavy (non-hydrogen) atoms. The van der Waals surface area contributed by atoms with Gasteiger partial charge >= 0.3 is 0 Å². The summed E-state index contributed by atoms with van der Waals surface area (Å²) < 4.78 is 8.04. The summed E-state index contributed by atoms with van der Waals surface area (Å²) in [4.78, 5) is 0. The molecule has 1 N–H and O–H groups in total. The molecule has 0 aromatic carbocycles. The molecule has 1 saturated carbocycles. The van der Waals surface area contributed by atoms with Crippen LogP contribution in [0, 0.1) is 13.8 Å². The fourth-order valence-electron chi connectivity index (χ4n) is 3.09. The third-order valence-electron chi connectivity index (χ3n) is 4.27. The van der Waals surface area contributed by atoms with Crippen LogP contribution in [0.4, 0.5) is 0 Å². The van der Waals surface area contributed by atoms with Crippen molar-refractivity contribution in [2.24, 2.45) is 0 Å². The smallest absolute Gasteiger partial charge is 0.0596 e. The number of nitrogens with one attached hydrogen (secondary N) is 1. The zero-order valence-corrected chi connectivity index (χ0v) is 13.9. The van der Waals surface area contributed by atoms with Crippen LogP contribution in [-0.4, -0.2) is 35.1 Å². The second-order valence-corrected chi connectivity index (χ2v) is 6.45. The van der Waals surface area contributed by atoms with E-state index < -0.39 is 0 Å². The lowest BCUT2D eigenvalue weighted by Gasteiger charge is -2.22. The molecule has 0 bridgehead atoms. The summed E-state index contributed by atoms with van der Waals surface area (Å²) in [5.41, 5.74) is 2.34. The van der Waals surface area contributed by atoms with Crippen molar-refractivity contribution in [3.05, 3.63) is 17.5 Å². The van der Waals surface area contributed by atoms with Crippen molar-refractivity contribution >= 4 is 0 Å². The second-order valence-electron chi connectivity index (χ2n) is 6.45. The minimum atomic E-state index is 0.442. The van der Waals surface area contributed by atoms with Crippen LogP contribution in [0.2, 0.25) is 0 Å². The van der Waals surface area contributed by atoms with Gasteiger partial charge in [-0.05, 0) is 52.6 Å². The number of aryl methyl sites for hydroxylation is 2. The van der Waals surface area contributed by atoms with E-state index in [0.29, 0.717) is 12.1 Å². The molecule has 1 aromatic heterocycles. The first-order valence-corrected chi connectivity index (χ1v) is 8.51. The molecule has 0 spiro atoms. The van der Waals surface area contributed by atoms with Crippen LogP contribution in [0.3, 0.4) is 0 Å². The lowest BCUT2D eigenvalue weighted by atomic mass is 9.98. The van der Waals surface area contributed by atoms with Crippen molar-refractivity contribution in [1.82, 2.24) is 15.1 Å². The SMILES string of the molecule is Cc1cc(C)n(C[C@H](C)NCCCOC2CCCCC2)n1. The van der Waals surface area contributed by atoms with Gasteiger partial charge in [0, 0.05) is 18.3 Å². The topological polar surface area (TPSA) is 39.1 Å². The summed E-state index contributed by atoms with van der Waals surface area (Å²) in [7, 11) is 0. The van der Waals surface area contributed by atoms with Gasteiger partial charge < -0.3 is 10.1 Å². The zero-order valence-electron chi connectivity index (χ0n) is 13.9. The fourth-order valence-corrected chi connectivity index (χ4v) is 3.09. The van der Waals surface area contributed by atoms with Crippen LogP contribution < -0.4 is 5.32 Å². The standard InChI is InChI=1S/C17H31N3O/c1-14-12-16(3)20(19-14)13-15(2)18-10-7-11-21-17-8-5-4-6-9-17/h12,15,17-18H,4-11,13H2,1-3H3/t15-/m0/s1. The van der Waals surface area contributed by atoms with Gasteiger partial charge in [-0.2, -0.15) is 5.10 Å². The Morgan fingerprint density at radius 1 is 1.33 bits per heavy atom. The van der Waals surface area contributed by atoms with E-state index >= 15 is 0 Å². The summed E-state index contributed by atoms with van der Waals surface area (Å²) in [6.45, 7) is 9.23. The molecule has 0 aliphatic heterocycles. The Hall–Kier alpha value is -0.870. The highest BCUT2D eigenvalue weighted by Gasteiger charge is 2.13. The van der Waals surface area contributed by atoms with E-state index in [1.165, 1.54) is 37.8 Å². The fraction of sp³-hybridized carbons (Fsp3) is 0.824. The van der Waals surface area contributed by atoms with Gasteiger partial charge in [0.2, 0.25) is 0 Å². The number of hydrogen-bond acceptors (Lipinski definition) is 3. The Morgan fingerprint density at radius 2 is 2.10 bits per heavy atom. The lowest BCUT2D eigenvalue weighted by molar-refractivity contribution is 0.0271. The Balaban J connectivity index is 1.54. The van der Waals surface area contributed by atoms with Crippen LogP contribution in [0.25, 0.3) is 0 Å². The van der Waals surface area contributed by atoms with Crippen molar-refractivity contribution in [3.8, 4) is 0 Å². The van der Waals surface area contributed by atoms with Gasteiger partial charge in [0.25, 0.3) is 0 Å². The van der Waals surface area contributed by atoms with E-state index in [-0.39, 0.29) is 0 Å². The largest absolute Gasteiger partial charge is 0.378 e. The maximum atomic E-state index is 5.95. The monoisotopic (exact) mass is 293 g/mol. The third kappa shape index (κ3) is 5.79. The highest BCUT2D eigenvalue weighted by molar-refractivity contribution is 5.06. The predicted molar refractivity (Wildman–Crippen MR) is 86.6 cm³/mol. The molecule has 0 radical (unpaired) electrons. The van der Waals surface area contributed by atoms with Crippen LogP contribution in [0.5, 0.6) is 0 Å². The Kier molecular flexibility index (Phi) is 6.71. The maximum Gasteiger partial charge on any atom is 0.0596 e. The average Bonchev–Trinajstić information content (AvgIpc) is 2.77. The van der Waals surface area contributed by atoms with Gasteiger partial charge in [-0.25, -0.2) is 0 Å². The van der Waals surface area contributed by atoms with Crippen molar-refractivity contribution < 1.29 is 4.74 Å². The molecular weight excluding hydrogens is 262 g/mol. The van der Waals surface area contributed by atoms with Gasteiger partial charge in [0.15, 0.2) is 0 Å². The van der Waals surface area contributed by atoms with Crippen LogP contribution in [0.15, 0.2) is 6.07 Å². The predicted octanol–water partition coefficient (Wildman–Crippen LogP) is 3.22. The number of nitrogens with zero attached hydrogens (tertiary/aromatic N) is 2. The molecule has 4 heteroatoms. The molecule has 0 amide bonds. The molecule has 0 saturated heterocycles. The molecule has 0 unspecified atom stereocenters. The molecule has 1 atom stereocenters. The number of rotatable bonds is 8. The molecular formula is C17H31N3O. The van der Waals surface area contributed by atoms with E-state index in [9.17, 15) is 0 Å². The van der Waals surface area contributed by atoms with Gasteiger partial charge in [-0.1, -0.05) is 19.3 Å². The Bertz CT molecular complexity index is 410. The van der Waals surface area contributed by atoms with Crippen molar-refractivity contribution in [1.29, 1.82) is 0 Å². The zero-order chi connectivity index (χ0) is 15.1. The highest BCUT2D eigenvalue weighted by Crippen LogP contribution is 2.20. The first-order valence-electron chi connectivity index (χ1n) is 8.51. The summed E-state index contributed by atoms with van der Waals surface area (Å²) in [6.07, 6.45) is 8.25. The summed E-state index contributed by atoms with van der Waals surface area (Å²) >= 11 is 0. The van der Waals surface area contributed by atoms with Crippen molar-refractivity contribution in [2.45, 2.75) is 78.0 Å². The number of hydrogen-bond donors (Lipinski definition) is 1. The Morgan fingerprint density at radius 3 is 2.76 bits per heavy atom. The first kappa shape index (κ1) is 16.5. The van der Waals surface area contributed by atoms with E-state index in [1.54, 1.807) is 0 Å². The Labute approximate surface area is 129 Å². The quantitative estimate of drug-likeness (QED) is 0.748. The summed E-state index contributed by atoms with van der Waals surface area (Å²) in [5, 5.41) is 8.07.